The Kier molecular flexibility index (Phi) is 8.31. The normalized spacial score (nSPS) is 54.8. The molecule has 278 valence electrons. The third kappa shape index (κ3) is 4.56. The Morgan fingerprint density at radius 3 is 2.41 bits per heavy atom. The lowest BCUT2D eigenvalue weighted by atomic mass is 9.49. The van der Waals surface area contributed by atoms with Crippen LogP contribution in [0.3, 0.4) is 0 Å². The van der Waals surface area contributed by atoms with Gasteiger partial charge in [0.15, 0.2) is 17.8 Å². The van der Waals surface area contributed by atoms with Gasteiger partial charge in [0.25, 0.3) is 0 Å². The largest absolute Gasteiger partial charge is 0.456 e. The molecule has 12 nitrogen and oxygen atoms in total. The average molecular weight is 694 g/mol. The molecule has 0 amide bonds. The molecule has 0 radical (unpaired) electrons. The van der Waals surface area contributed by atoms with Crippen molar-refractivity contribution in [2.75, 3.05) is 13.1 Å². The molecule has 7 fully saturated rings. The first kappa shape index (κ1) is 36.0. The number of esters is 2. The predicted molar refractivity (Wildman–Crippen MR) is 174 cm³/mol. The maximum Gasteiger partial charge on any atom is 0.338 e. The van der Waals surface area contributed by atoms with Gasteiger partial charge in [0.2, 0.25) is 5.79 Å². The Morgan fingerprint density at radius 2 is 1.76 bits per heavy atom. The number of aliphatic hydroxyl groups excluding tert-OH is 2. The number of piperidine rings is 2. The zero-order valence-electron chi connectivity index (χ0n) is 30.2. The highest BCUT2D eigenvalue weighted by Crippen LogP contribution is 2.77. The van der Waals surface area contributed by atoms with Crippen molar-refractivity contribution in [2.45, 2.75) is 158 Å². The second-order valence-corrected chi connectivity index (χ2v) is 18.0. The van der Waals surface area contributed by atoms with E-state index in [1.165, 1.54) is 6.92 Å². The first-order valence-corrected chi connectivity index (χ1v) is 18.9. The quantitative estimate of drug-likeness (QED) is 0.221. The number of carbonyl (C=O) groups excluding carboxylic acids is 2. The smallest absolute Gasteiger partial charge is 0.338 e. The number of fused-ring (bicyclic) bond motifs is 5. The summed E-state index contributed by atoms with van der Waals surface area (Å²) < 4.78 is 18.9. The van der Waals surface area contributed by atoms with Crippen molar-refractivity contribution in [3.63, 3.8) is 0 Å². The van der Waals surface area contributed by atoms with E-state index in [2.05, 4.69) is 11.8 Å². The van der Waals surface area contributed by atoms with Crippen molar-refractivity contribution in [3.8, 4) is 0 Å². The SMILES string of the molecule is CCC(C)C(=O)O[C@H]1CC[C@@]2(C)C3CC(O)C4[C@@]5(O)C(C[C@@]42O[C@@]31O)C1CN2C[C@@H](C)CC[C@H]2C(C)(O)C1[C@@H](O)C5OC(=O)C(C)(O)CC. The number of ether oxygens (including phenoxy) is 3. The highest BCUT2D eigenvalue weighted by molar-refractivity contribution is 5.79. The number of aliphatic hydroxyl groups is 6. The molecule has 0 aromatic carbocycles. The van der Waals surface area contributed by atoms with E-state index in [4.69, 9.17) is 14.2 Å². The lowest BCUT2D eigenvalue weighted by Crippen LogP contribution is -2.77. The van der Waals surface area contributed by atoms with Crippen LogP contribution in [0.15, 0.2) is 0 Å². The van der Waals surface area contributed by atoms with Crippen molar-refractivity contribution >= 4 is 11.9 Å². The van der Waals surface area contributed by atoms with Crippen molar-refractivity contribution in [1.29, 1.82) is 0 Å². The molecule has 4 bridgehead atoms. The molecule has 7 rings (SSSR count). The fraction of sp³-hybridized carbons (Fsp3) is 0.946. The molecule has 18 atom stereocenters. The molecular weight excluding hydrogens is 634 g/mol. The van der Waals surface area contributed by atoms with Crippen LogP contribution in [0.5, 0.6) is 0 Å². The fourth-order valence-electron chi connectivity index (χ4n) is 12.5. The summed E-state index contributed by atoms with van der Waals surface area (Å²) in [4.78, 5) is 28.9. The molecular formula is C37H59NO11. The lowest BCUT2D eigenvalue weighted by molar-refractivity contribution is -0.301. The van der Waals surface area contributed by atoms with Crippen LogP contribution in [0.1, 0.15) is 99.8 Å². The molecule has 4 aliphatic carbocycles. The van der Waals surface area contributed by atoms with Gasteiger partial charge in [-0.15, -0.1) is 0 Å². The highest BCUT2D eigenvalue weighted by Gasteiger charge is 2.87. The fourth-order valence-corrected chi connectivity index (χ4v) is 12.5. The van der Waals surface area contributed by atoms with Gasteiger partial charge in [-0.3, -0.25) is 9.69 Å². The van der Waals surface area contributed by atoms with E-state index in [1.54, 1.807) is 20.8 Å². The Hall–Kier alpha value is -1.38. The van der Waals surface area contributed by atoms with Gasteiger partial charge >= 0.3 is 11.9 Å². The zero-order chi connectivity index (χ0) is 35.9. The molecule has 49 heavy (non-hydrogen) atoms. The second-order valence-electron chi connectivity index (χ2n) is 18.0. The average Bonchev–Trinajstić information content (AvgIpc) is 3.31. The summed E-state index contributed by atoms with van der Waals surface area (Å²) in [5.41, 5.74) is -7.49. The highest BCUT2D eigenvalue weighted by atomic mass is 16.7. The number of carbonyl (C=O) groups is 2. The summed E-state index contributed by atoms with van der Waals surface area (Å²) >= 11 is 0. The first-order chi connectivity index (χ1) is 22.7. The Bertz CT molecular complexity index is 1360. The minimum Gasteiger partial charge on any atom is -0.456 e. The molecule has 3 heterocycles. The van der Waals surface area contributed by atoms with Gasteiger partial charge in [-0.1, -0.05) is 34.6 Å². The molecule has 6 N–H and O–H groups in total. The van der Waals surface area contributed by atoms with Crippen LogP contribution in [0.25, 0.3) is 0 Å². The van der Waals surface area contributed by atoms with E-state index in [1.807, 2.05) is 13.8 Å². The standard InChI is InChI=1S/C37H59NO11/c1-8-19(4)30(41)47-25-12-13-32(5)23-14-22(39)28-35(32,49-37(23,25)46)15-21-20-17-38-16-18(3)10-11-24(38)34(7,44)26(20)27(40)29(36(21,28)45)48-31(42)33(6,43)9-2/h18-29,39-40,43-46H,8-17H2,1-7H3/t18-,19?,20?,21?,22?,23?,24-,25-,26?,27+,28?,29?,32-,33?,34?,35+,36-,37-/m0/s1. The molecule has 1 spiro atoms. The number of hydrogen-bond acceptors (Lipinski definition) is 12. The Balaban J connectivity index is 1.36. The van der Waals surface area contributed by atoms with Crippen LogP contribution in [0.2, 0.25) is 0 Å². The van der Waals surface area contributed by atoms with Gasteiger partial charge in [-0.2, -0.15) is 0 Å². The second kappa shape index (κ2) is 11.3. The maximum atomic E-state index is 13.6. The van der Waals surface area contributed by atoms with Gasteiger partial charge in [-0.05, 0) is 83.0 Å². The third-order valence-corrected chi connectivity index (χ3v) is 15.4. The van der Waals surface area contributed by atoms with Crippen LogP contribution in [-0.4, -0.2) is 119 Å². The number of nitrogens with zero attached hydrogens (tertiary/aromatic N) is 1. The summed E-state index contributed by atoms with van der Waals surface area (Å²) in [6.45, 7) is 13.8. The zero-order valence-corrected chi connectivity index (χ0v) is 30.2. The van der Waals surface area contributed by atoms with E-state index in [0.717, 1.165) is 19.4 Å². The summed E-state index contributed by atoms with van der Waals surface area (Å²) in [7, 11) is 0. The van der Waals surface area contributed by atoms with Crippen LogP contribution < -0.4 is 0 Å². The third-order valence-electron chi connectivity index (χ3n) is 15.4. The van der Waals surface area contributed by atoms with Crippen molar-refractivity contribution in [2.24, 2.45) is 46.8 Å². The molecule has 12 heteroatoms. The van der Waals surface area contributed by atoms with Gasteiger partial charge in [0.05, 0.1) is 29.3 Å². The minimum absolute atomic E-state index is 0.0259. The van der Waals surface area contributed by atoms with Crippen molar-refractivity contribution in [3.05, 3.63) is 0 Å². The van der Waals surface area contributed by atoms with Gasteiger partial charge in [0, 0.05) is 42.3 Å². The number of rotatable bonds is 6. The summed E-state index contributed by atoms with van der Waals surface area (Å²) in [5, 5.41) is 73.7. The molecule has 0 aromatic heterocycles. The minimum atomic E-state index is -2.05. The topological polar surface area (TPSA) is 186 Å². The molecule has 3 saturated heterocycles. The lowest BCUT2D eigenvalue weighted by Gasteiger charge is -2.64. The van der Waals surface area contributed by atoms with Crippen LogP contribution in [-0.2, 0) is 23.8 Å². The van der Waals surface area contributed by atoms with Crippen LogP contribution >= 0.6 is 0 Å². The molecule has 4 saturated carbocycles. The van der Waals surface area contributed by atoms with E-state index >= 15 is 0 Å². The van der Waals surface area contributed by atoms with E-state index in [0.29, 0.717) is 31.7 Å². The molecule has 0 aromatic rings. The Labute approximate surface area is 289 Å². The maximum absolute atomic E-state index is 13.6. The summed E-state index contributed by atoms with van der Waals surface area (Å²) in [6, 6.07) is -0.251. The van der Waals surface area contributed by atoms with Gasteiger partial charge < -0.3 is 44.8 Å². The van der Waals surface area contributed by atoms with Gasteiger partial charge in [-0.25, -0.2) is 4.79 Å². The van der Waals surface area contributed by atoms with Crippen LogP contribution in [0, 0.1) is 46.8 Å². The molecule has 7 aliphatic rings. The first-order valence-electron chi connectivity index (χ1n) is 18.9. The van der Waals surface area contributed by atoms with Gasteiger partial charge in [0.1, 0.15) is 5.60 Å². The number of hydrogen-bond donors (Lipinski definition) is 6. The molecule has 10 unspecified atom stereocenters. The Morgan fingerprint density at radius 1 is 1.06 bits per heavy atom. The van der Waals surface area contributed by atoms with Crippen molar-refractivity contribution < 1.29 is 54.4 Å². The van der Waals surface area contributed by atoms with E-state index in [-0.39, 0.29) is 31.2 Å². The molecule has 3 aliphatic heterocycles. The van der Waals surface area contributed by atoms with E-state index < -0.39 is 99.6 Å². The summed E-state index contributed by atoms with van der Waals surface area (Å²) in [5.74, 6) is -7.09. The predicted octanol–water partition coefficient (Wildman–Crippen LogP) is 1.49. The van der Waals surface area contributed by atoms with E-state index in [9.17, 15) is 40.2 Å². The summed E-state index contributed by atoms with van der Waals surface area (Å²) in [6.07, 6.45) is -2.08. The monoisotopic (exact) mass is 693 g/mol. The van der Waals surface area contributed by atoms with Crippen molar-refractivity contribution in [1.82, 2.24) is 4.90 Å². The van der Waals surface area contributed by atoms with Crippen LogP contribution in [0.4, 0.5) is 0 Å².